The molecule has 104 valence electrons. The van der Waals surface area contributed by atoms with Crippen molar-refractivity contribution >= 4 is 11.9 Å². The van der Waals surface area contributed by atoms with Gasteiger partial charge in [0.25, 0.3) is 5.91 Å². The van der Waals surface area contributed by atoms with E-state index in [0.717, 1.165) is 25.9 Å². The quantitative estimate of drug-likeness (QED) is 0.807. The van der Waals surface area contributed by atoms with Gasteiger partial charge >= 0.3 is 0 Å². The summed E-state index contributed by atoms with van der Waals surface area (Å²) >= 11 is 0. The highest BCUT2D eigenvalue weighted by Gasteiger charge is 2.15. The predicted molar refractivity (Wildman–Crippen MR) is 72.1 cm³/mol. The van der Waals surface area contributed by atoms with Crippen LogP contribution in [0.15, 0.2) is 12.3 Å². The van der Waals surface area contributed by atoms with E-state index >= 15 is 0 Å². The van der Waals surface area contributed by atoms with Gasteiger partial charge in [0.05, 0.1) is 6.10 Å². The maximum absolute atomic E-state index is 11.8. The first-order valence-corrected chi connectivity index (χ1v) is 6.76. The maximum atomic E-state index is 11.8. The van der Waals surface area contributed by atoms with Crippen molar-refractivity contribution in [3.8, 4) is 0 Å². The van der Waals surface area contributed by atoms with Crippen LogP contribution in [0.5, 0.6) is 0 Å². The van der Waals surface area contributed by atoms with Gasteiger partial charge in [-0.3, -0.25) is 4.79 Å². The zero-order chi connectivity index (χ0) is 13.5. The molecular weight excluding hydrogens is 244 g/mol. The second-order valence-electron chi connectivity index (χ2n) is 4.54. The van der Waals surface area contributed by atoms with Gasteiger partial charge in [0, 0.05) is 25.9 Å². The zero-order valence-electron chi connectivity index (χ0n) is 11.2. The van der Waals surface area contributed by atoms with Crippen molar-refractivity contribution in [2.24, 2.45) is 0 Å². The largest absolute Gasteiger partial charge is 0.376 e. The Balaban J connectivity index is 1.88. The lowest BCUT2D eigenvalue weighted by Crippen LogP contribution is -2.26. The van der Waals surface area contributed by atoms with Gasteiger partial charge in [0.1, 0.15) is 5.69 Å². The Morgan fingerprint density at radius 2 is 2.47 bits per heavy atom. The fraction of sp³-hybridized carbons (Fsp3) is 0.615. The van der Waals surface area contributed by atoms with Crippen LogP contribution >= 0.6 is 0 Å². The van der Waals surface area contributed by atoms with Gasteiger partial charge in [-0.2, -0.15) is 0 Å². The Labute approximate surface area is 113 Å². The number of carbonyl (C=O) groups is 1. The van der Waals surface area contributed by atoms with Crippen molar-refractivity contribution in [1.29, 1.82) is 0 Å². The number of carbonyl (C=O) groups excluding carboxylic acids is 1. The number of nitrogens with zero attached hydrogens (tertiary/aromatic N) is 2. The first-order valence-electron chi connectivity index (χ1n) is 6.76. The van der Waals surface area contributed by atoms with Gasteiger partial charge in [-0.1, -0.05) is 6.92 Å². The van der Waals surface area contributed by atoms with E-state index in [1.54, 1.807) is 12.3 Å². The summed E-state index contributed by atoms with van der Waals surface area (Å²) < 4.78 is 5.51. The zero-order valence-corrected chi connectivity index (χ0v) is 11.2. The second kappa shape index (κ2) is 7.04. The van der Waals surface area contributed by atoms with Crippen molar-refractivity contribution < 1.29 is 9.53 Å². The number of rotatable bonds is 6. The Morgan fingerprint density at radius 1 is 1.58 bits per heavy atom. The van der Waals surface area contributed by atoms with E-state index in [0.29, 0.717) is 24.7 Å². The van der Waals surface area contributed by atoms with Gasteiger partial charge in [-0.15, -0.1) is 0 Å². The van der Waals surface area contributed by atoms with Gasteiger partial charge in [-0.05, 0) is 25.3 Å². The first-order chi connectivity index (χ1) is 9.29. The molecule has 1 atom stereocenters. The molecule has 1 amide bonds. The summed E-state index contributed by atoms with van der Waals surface area (Å²) in [6.07, 6.45) is 4.88. The predicted octanol–water partition coefficient (Wildman–Crippen LogP) is 1.21. The molecule has 1 fully saturated rings. The molecule has 0 saturated carbocycles. The monoisotopic (exact) mass is 264 g/mol. The number of anilines is 1. The van der Waals surface area contributed by atoms with Gasteiger partial charge in [0.2, 0.25) is 5.95 Å². The van der Waals surface area contributed by atoms with Gasteiger partial charge in [0.15, 0.2) is 0 Å². The van der Waals surface area contributed by atoms with Crippen LogP contribution in [-0.2, 0) is 4.74 Å². The van der Waals surface area contributed by atoms with E-state index in [9.17, 15) is 4.79 Å². The molecule has 6 heteroatoms. The molecule has 1 saturated heterocycles. The minimum atomic E-state index is -0.163. The number of hydrogen-bond donors (Lipinski definition) is 2. The molecule has 0 aliphatic carbocycles. The van der Waals surface area contributed by atoms with E-state index in [4.69, 9.17) is 4.74 Å². The third-order valence-corrected chi connectivity index (χ3v) is 2.94. The number of ether oxygens (including phenoxy) is 1. The van der Waals surface area contributed by atoms with Crippen molar-refractivity contribution in [3.05, 3.63) is 18.0 Å². The van der Waals surface area contributed by atoms with Crippen molar-refractivity contribution in [1.82, 2.24) is 15.3 Å². The van der Waals surface area contributed by atoms with E-state index in [1.165, 1.54) is 0 Å². The van der Waals surface area contributed by atoms with Crippen LogP contribution in [0.3, 0.4) is 0 Å². The van der Waals surface area contributed by atoms with Gasteiger partial charge in [-0.25, -0.2) is 9.97 Å². The number of amides is 1. The molecular formula is C13H20N4O2. The minimum Gasteiger partial charge on any atom is -0.376 e. The van der Waals surface area contributed by atoms with Crippen LogP contribution in [0.25, 0.3) is 0 Å². The number of hydrogen-bond acceptors (Lipinski definition) is 5. The highest BCUT2D eigenvalue weighted by Crippen LogP contribution is 2.12. The Bertz CT molecular complexity index is 419. The molecule has 1 aromatic heterocycles. The third-order valence-electron chi connectivity index (χ3n) is 2.94. The van der Waals surface area contributed by atoms with Crippen LogP contribution < -0.4 is 10.6 Å². The van der Waals surface area contributed by atoms with Crippen molar-refractivity contribution in [3.63, 3.8) is 0 Å². The summed E-state index contributed by atoms with van der Waals surface area (Å²) in [5, 5.41) is 5.90. The van der Waals surface area contributed by atoms with Crippen LogP contribution in [-0.4, -0.2) is 41.7 Å². The summed E-state index contributed by atoms with van der Waals surface area (Å²) in [4.78, 5) is 20.1. The molecule has 1 aliphatic rings. The number of nitrogens with one attached hydrogen (secondary N) is 2. The average Bonchev–Trinajstić information content (AvgIpc) is 2.96. The molecule has 0 aromatic carbocycles. The molecule has 1 aliphatic heterocycles. The lowest BCUT2D eigenvalue weighted by atomic mass is 10.2. The third kappa shape index (κ3) is 4.17. The highest BCUT2D eigenvalue weighted by atomic mass is 16.5. The molecule has 2 heterocycles. The lowest BCUT2D eigenvalue weighted by Gasteiger charge is -2.11. The lowest BCUT2D eigenvalue weighted by molar-refractivity contribution is 0.0948. The summed E-state index contributed by atoms with van der Waals surface area (Å²) in [5.41, 5.74) is 0.387. The Morgan fingerprint density at radius 3 is 3.21 bits per heavy atom. The first kappa shape index (κ1) is 13.7. The van der Waals surface area contributed by atoms with Gasteiger partial charge < -0.3 is 15.4 Å². The molecule has 1 aromatic rings. The molecule has 0 spiro atoms. The molecule has 6 nitrogen and oxygen atoms in total. The average molecular weight is 264 g/mol. The smallest absolute Gasteiger partial charge is 0.270 e. The molecule has 2 rings (SSSR count). The summed E-state index contributed by atoms with van der Waals surface area (Å²) in [6.45, 7) is 4.17. The Hall–Kier alpha value is -1.69. The van der Waals surface area contributed by atoms with Crippen LogP contribution in [0, 0.1) is 0 Å². The molecule has 0 radical (unpaired) electrons. The van der Waals surface area contributed by atoms with E-state index in [-0.39, 0.29) is 12.0 Å². The number of aromatic nitrogens is 2. The molecule has 19 heavy (non-hydrogen) atoms. The van der Waals surface area contributed by atoms with Crippen LogP contribution in [0.1, 0.15) is 36.7 Å². The minimum absolute atomic E-state index is 0.163. The van der Waals surface area contributed by atoms with E-state index in [1.807, 2.05) is 6.92 Å². The van der Waals surface area contributed by atoms with E-state index < -0.39 is 0 Å². The Kier molecular flexibility index (Phi) is 5.09. The molecule has 1 unspecified atom stereocenters. The fourth-order valence-corrected chi connectivity index (χ4v) is 1.91. The van der Waals surface area contributed by atoms with E-state index in [2.05, 4.69) is 20.6 Å². The fourth-order valence-electron chi connectivity index (χ4n) is 1.91. The maximum Gasteiger partial charge on any atom is 0.270 e. The highest BCUT2D eigenvalue weighted by molar-refractivity contribution is 5.92. The molecule has 0 bridgehead atoms. The molecule has 2 N–H and O–H groups in total. The van der Waals surface area contributed by atoms with Crippen molar-refractivity contribution in [2.75, 3.05) is 25.0 Å². The summed E-state index contributed by atoms with van der Waals surface area (Å²) in [6, 6.07) is 1.61. The summed E-state index contributed by atoms with van der Waals surface area (Å²) in [5.74, 6) is 0.309. The van der Waals surface area contributed by atoms with Crippen LogP contribution in [0.2, 0.25) is 0 Å². The standard InChI is InChI=1S/C13H20N4O2/c1-2-6-14-12(18)11-5-7-15-13(17-11)16-9-10-4-3-8-19-10/h5,7,10H,2-4,6,8-9H2,1H3,(H,14,18)(H,15,16,17). The summed E-state index contributed by atoms with van der Waals surface area (Å²) in [7, 11) is 0. The second-order valence-corrected chi connectivity index (χ2v) is 4.54. The van der Waals surface area contributed by atoms with Crippen LogP contribution in [0.4, 0.5) is 5.95 Å². The van der Waals surface area contributed by atoms with Crippen molar-refractivity contribution in [2.45, 2.75) is 32.3 Å². The topological polar surface area (TPSA) is 76.1 Å². The normalized spacial score (nSPS) is 18.3. The SMILES string of the molecule is CCCNC(=O)c1ccnc(NCC2CCCO2)n1.